The summed E-state index contributed by atoms with van der Waals surface area (Å²) in [5, 5.41) is 5.39. The molecule has 0 aliphatic rings. The molecule has 0 atom stereocenters. The second-order valence-electron chi connectivity index (χ2n) is 3.89. The third-order valence-corrected chi connectivity index (χ3v) is 3.31. The predicted molar refractivity (Wildman–Crippen MR) is 85.7 cm³/mol. The molecule has 0 radical (unpaired) electrons. The van der Waals surface area contributed by atoms with Gasteiger partial charge < -0.3 is 4.74 Å². The van der Waals surface area contributed by atoms with Crippen LogP contribution in [0.25, 0.3) is 0 Å². The quantitative estimate of drug-likeness (QED) is 0.625. The fourth-order valence-electron chi connectivity index (χ4n) is 1.54. The first-order valence-corrected chi connectivity index (χ1v) is 6.81. The molecule has 20 heavy (non-hydrogen) atoms. The number of benzene rings is 2. The molecule has 104 valence electrons. The number of methoxy groups -OCH3 is 1. The molecule has 2 rings (SSSR count). The molecule has 0 unspecified atom stereocenters. The molecule has 2 aromatic rings. The molecule has 2 aromatic carbocycles. The van der Waals surface area contributed by atoms with Gasteiger partial charge in [-0.15, -0.1) is 0 Å². The third kappa shape index (κ3) is 3.79. The average molecular weight is 330 g/mol. The van der Waals surface area contributed by atoms with Crippen molar-refractivity contribution in [2.45, 2.75) is 0 Å². The minimum atomic E-state index is 0.408. The fraction of sp³-hybridized carbons (Fsp3) is 0.0714. The Balaban J connectivity index is 2.14. The second kappa shape index (κ2) is 6.84. The molecule has 0 fully saturated rings. The molecule has 0 aliphatic carbocycles. The van der Waals surface area contributed by atoms with Crippen molar-refractivity contribution in [2.24, 2.45) is 5.10 Å². The summed E-state index contributed by atoms with van der Waals surface area (Å²) in [5.41, 5.74) is 4.20. The number of hydrogen-bond acceptors (Lipinski definition) is 3. The molecule has 3 nitrogen and oxygen atoms in total. The van der Waals surface area contributed by atoms with Crippen molar-refractivity contribution in [3.8, 4) is 5.75 Å². The maximum Gasteiger partial charge on any atom is 0.119 e. The van der Waals surface area contributed by atoms with Crippen molar-refractivity contribution in [3.63, 3.8) is 0 Å². The Labute approximate surface area is 132 Å². The molecule has 1 N–H and O–H groups in total. The van der Waals surface area contributed by atoms with Crippen LogP contribution in [0.5, 0.6) is 5.75 Å². The zero-order valence-electron chi connectivity index (χ0n) is 10.5. The van der Waals surface area contributed by atoms with Gasteiger partial charge in [-0.3, -0.25) is 5.43 Å². The number of halogens is 3. The maximum absolute atomic E-state index is 6.04. The van der Waals surface area contributed by atoms with E-state index in [2.05, 4.69) is 10.5 Å². The van der Waals surface area contributed by atoms with Crippen LogP contribution >= 0.6 is 34.8 Å². The van der Waals surface area contributed by atoms with E-state index in [0.717, 1.165) is 11.3 Å². The molecule has 6 heteroatoms. The largest absolute Gasteiger partial charge is 0.497 e. The Morgan fingerprint density at radius 3 is 2.45 bits per heavy atom. The van der Waals surface area contributed by atoms with E-state index in [4.69, 9.17) is 39.5 Å². The van der Waals surface area contributed by atoms with E-state index in [-0.39, 0.29) is 0 Å². The van der Waals surface area contributed by atoms with E-state index in [1.807, 2.05) is 24.3 Å². The summed E-state index contributed by atoms with van der Waals surface area (Å²) >= 11 is 17.9. The monoisotopic (exact) mass is 328 g/mol. The van der Waals surface area contributed by atoms with Gasteiger partial charge in [-0.1, -0.05) is 46.9 Å². The molecule has 0 aromatic heterocycles. The van der Waals surface area contributed by atoms with Crippen LogP contribution in [0.1, 0.15) is 5.56 Å². The van der Waals surface area contributed by atoms with Gasteiger partial charge in [0.1, 0.15) is 5.75 Å². The lowest BCUT2D eigenvalue weighted by atomic mass is 10.2. The van der Waals surface area contributed by atoms with Gasteiger partial charge in [-0.05, 0) is 29.8 Å². The standard InChI is InChI=1S/C14H11Cl3N2O/c1-20-11-4-2-3-9(5-11)8-18-19-14-12(16)6-10(15)7-13(14)17/h2-8,19H,1H3/b18-8+. The highest BCUT2D eigenvalue weighted by atomic mass is 35.5. The Bertz CT molecular complexity index is 621. The molecule has 0 spiro atoms. The SMILES string of the molecule is COc1cccc(/C=N/Nc2c(Cl)cc(Cl)cc2Cl)c1. The molecule has 0 saturated carbocycles. The van der Waals surface area contributed by atoms with Crippen LogP contribution in [0, 0.1) is 0 Å². The van der Waals surface area contributed by atoms with Gasteiger partial charge in [0.05, 0.1) is 29.1 Å². The summed E-state index contributed by atoms with van der Waals surface area (Å²) in [6, 6.07) is 10.7. The van der Waals surface area contributed by atoms with Gasteiger partial charge >= 0.3 is 0 Å². The fourth-order valence-corrected chi connectivity index (χ4v) is 2.44. The Kier molecular flexibility index (Phi) is 5.12. The Hall–Kier alpha value is -1.42. The van der Waals surface area contributed by atoms with Crippen molar-refractivity contribution in [1.82, 2.24) is 0 Å². The van der Waals surface area contributed by atoms with Crippen molar-refractivity contribution in [2.75, 3.05) is 12.5 Å². The van der Waals surface area contributed by atoms with E-state index >= 15 is 0 Å². The van der Waals surface area contributed by atoms with Gasteiger partial charge in [0.25, 0.3) is 0 Å². The van der Waals surface area contributed by atoms with E-state index in [9.17, 15) is 0 Å². The summed E-state index contributed by atoms with van der Waals surface area (Å²) in [5.74, 6) is 0.761. The number of ether oxygens (including phenoxy) is 1. The first kappa shape index (κ1) is 15.0. The average Bonchev–Trinajstić information content (AvgIpc) is 2.42. The van der Waals surface area contributed by atoms with Crippen LogP contribution in [0.3, 0.4) is 0 Å². The molecule has 0 bridgehead atoms. The van der Waals surface area contributed by atoms with Crippen LogP contribution in [0.2, 0.25) is 15.1 Å². The molecule has 0 aliphatic heterocycles. The lowest BCUT2D eigenvalue weighted by molar-refractivity contribution is 0.415. The van der Waals surface area contributed by atoms with Crippen molar-refractivity contribution in [3.05, 3.63) is 57.0 Å². The van der Waals surface area contributed by atoms with Gasteiger partial charge in [0, 0.05) is 5.02 Å². The lowest BCUT2D eigenvalue weighted by Crippen LogP contribution is -1.93. The summed E-state index contributed by atoms with van der Waals surface area (Å²) in [4.78, 5) is 0. The smallest absolute Gasteiger partial charge is 0.119 e. The topological polar surface area (TPSA) is 33.6 Å². The van der Waals surface area contributed by atoms with E-state index < -0.39 is 0 Å². The number of nitrogens with zero attached hydrogens (tertiary/aromatic N) is 1. The van der Waals surface area contributed by atoms with Crippen molar-refractivity contribution in [1.29, 1.82) is 0 Å². The zero-order valence-corrected chi connectivity index (χ0v) is 12.8. The van der Waals surface area contributed by atoms with Crippen molar-refractivity contribution < 1.29 is 4.74 Å². The summed E-state index contributed by atoms with van der Waals surface area (Å²) in [6.45, 7) is 0. The van der Waals surface area contributed by atoms with Crippen LogP contribution in [-0.4, -0.2) is 13.3 Å². The van der Waals surface area contributed by atoms with E-state index in [1.165, 1.54) is 0 Å². The lowest BCUT2D eigenvalue weighted by Gasteiger charge is -2.06. The van der Waals surface area contributed by atoms with Gasteiger partial charge in [-0.2, -0.15) is 5.10 Å². The maximum atomic E-state index is 6.04. The highest BCUT2D eigenvalue weighted by Crippen LogP contribution is 2.33. The van der Waals surface area contributed by atoms with Crippen molar-refractivity contribution >= 4 is 46.7 Å². The first-order chi connectivity index (χ1) is 9.60. The number of rotatable bonds is 4. The minimum Gasteiger partial charge on any atom is -0.497 e. The Morgan fingerprint density at radius 1 is 1.10 bits per heavy atom. The van der Waals surface area contributed by atoms with Crippen LogP contribution in [0.4, 0.5) is 5.69 Å². The molecule has 0 heterocycles. The van der Waals surface area contributed by atoms with Gasteiger partial charge in [0.2, 0.25) is 0 Å². The summed E-state index contributed by atoms with van der Waals surface area (Å²) < 4.78 is 5.13. The first-order valence-electron chi connectivity index (χ1n) is 5.68. The second-order valence-corrected chi connectivity index (χ2v) is 5.14. The molecular weight excluding hydrogens is 319 g/mol. The highest BCUT2D eigenvalue weighted by Gasteiger charge is 2.06. The number of hydrogen-bond donors (Lipinski definition) is 1. The van der Waals surface area contributed by atoms with E-state index in [1.54, 1.807) is 25.5 Å². The Morgan fingerprint density at radius 2 is 1.80 bits per heavy atom. The van der Waals surface area contributed by atoms with Crippen LogP contribution in [-0.2, 0) is 0 Å². The normalized spacial score (nSPS) is 10.8. The van der Waals surface area contributed by atoms with Crippen LogP contribution in [0.15, 0.2) is 41.5 Å². The molecule has 0 amide bonds. The number of anilines is 1. The zero-order chi connectivity index (χ0) is 14.5. The third-order valence-electron chi connectivity index (χ3n) is 2.49. The number of nitrogens with one attached hydrogen (secondary N) is 1. The van der Waals surface area contributed by atoms with Crippen LogP contribution < -0.4 is 10.2 Å². The highest BCUT2D eigenvalue weighted by molar-refractivity contribution is 6.41. The van der Waals surface area contributed by atoms with Gasteiger partial charge in [0.15, 0.2) is 0 Å². The summed E-state index contributed by atoms with van der Waals surface area (Å²) in [7, 11) is 1.61. The predicted octanol–water partition coefficient (Wildman–Crippen LogP) is 5.10. The minimum absolute atomic E-state index is 0.408. The molecule has 0 saturated heterocycles. The van der Waals surface area contributed by atoms with Gasteiger partial charge in [-0.25, -0.2) is 0 Å². The molecular formula is C14H11Cl3N2O. The van der Waals surface area contributed by atoms with E-state index in [0.29, 0.717) is 20.8 Å². The summed E-state index contributed by atoms with van der Waals surface area (Å²) in [6.07, 6.45) is 1.64. The number of hydrazone groups is 1.